The van der Waals surface area contributed by atoms with Crippen molar-refractivity contribution in [3.8, 4) is 0 Å². The van der Waals surface area contributed by atoms with Gasteiger partial charge in [-0.05, 0) is 26.2 Å². The summed E-state index contributed by atoms with van der Waals surface area (Å²) in [5.74, 6) is -0.294. The molecule has 0 aromatic carbocycles. The van der Waals surface area contributed by atoms with Gasteiger partial charge in [0, 0.05) is 25.7 Å². The zero-order valence-electron chi connectivity index (χ0n) is 13.0. The molecule has 0 aromatic rings. The van der Waals surface area contributed by atoms with Crippen LogP contribution in [0.2, 0.25) is 0 Å². The van der Waals surface area contributed by atoms with Gasteiger partial charge in [0.05, 0.1) is 13.0 Å². The first-order valence-electron chi connectivity index (χ1n) is 7.18. The first-order valence-corrected chi connectivity index (χ1v) is 7.18. The Hall–Kier alpha value is -1.30. The van der Waals surface area contributed by atoms with Gasteiger partial charge in [-0.3, -0.25) is 4.79 Å². The lowest BCUT2D eigenvalue weighted by molar-refractivity contribution is -0.137. The highest BCUT2D eigenvalue weighted by molar-refractivity contribution is 5.75. The summed E-state index contributed by atoms with van der Waals surface area (Å²) in [6.45, 7) is 9.81. The summed E-state index contributed by atoms with van der Waals surface area (Å²) in [6, 6.07) is -0.273. The summed E-state index contributed by atoms with van der Waals surface area (Å²) in [5, 5.41) is 11.4. The van der Waals surface area contributed by atoms with Crippen LogP contribution in [-0.2, 0) is 9.53 Å². The number of carbonyl (C=O) groups is 2. The van der Waals surface area contributed by atoms with Gasteiger partial charge in [-0.25, -0.2) is 4.79 Å². The average molecular weight is 288 g/mol. The Balaban J connectivity index is 3.87. The van der Waals surface area contributed by atoms with E-state index in [9.17, 15) is 9.59 Å². The maximum Gasteiger partial charge on any atom is 0.317 e. The Morgan fingerprint density at radius 2 is 1.85 bits per heavy atom. The van der Waals surface area contributed by atoms with E-state index in [0.29, 0.717) is 25.7 Å². The molecule has 0 fully saturated rings. The van der Waals surface area contributed by atoms with Crippen molar-refractivity contribution in [2.75, 3.05) is 26.3 Å². The smallest absolute Gasteiger partial charge is 0.317 e. The van der Waals surface area contributed by atoms with Crippen LogP contribution in [0.1, 0.15) is 40.5 Å². The molecule has 0 bridgehead atoms. The molecule has 0 aliphatic heterocycles. The first-order chi connectivity index (χ1) is 9.34. The molecule has 2 N–H and O–H groups in total. The number of rotatable bonds is 10. The maximum absolute atomic E-state index is 11.9. The standard InChI is InChI=1S/C14H28N2O4/c1-11(2)6-9-20-10-7-15-14(19)16(12(3)4)8-5-13(17)18/h11-12H,5-10H2,1-4H3,(H,15,19)(H,17,18). The SMILES string of the molecule is CC(C)CCOCCNC(=O)N(CCC(=O)O)C(C)C. The summed E-state index contributed by atoms with van der Waals surface area (Å²) in [7, 11) is 0. The molecule has 0 spiro atoms. The Morgan fingerprint density at radius 3 is 2.35 bits per heavy atom. The summed E-state index contributed by atoms with van der Waals surface area (Å²) >= 11 is 0. The second kappa shape index (κ2) is 10.5. The third-order valence-corrected chi connectivity index (χ3v) is 2.81. The Labute approximate surface area is 121 Å². The van der Waals surface area contributed by atoms with Crippen LogP contribution >= 0.6 is 0 Å². The molecule has 0 unspecified atom stereocenters. The van der Waals surface area contributed by atoms with Crippen LogP contribution in [0.25, 0.3) is 0 Å². The predicted molar refractivity (Wildman–Crippen MR) is 77.8 cm³/mol. The number of nitrogens with one attached hydrogen (secondary N) is 1. The van der Waals surface area contributed by atoms with Crippen LogP contribution in [0.3, 0.4) is 0 Å². The molecule has 0 atom stereocenters. The van der Waals surface area contributed by atoms with E-state index < -0.39 is 5.97 Å². The summed E-state index contributed by atoms with van der Waals surface area (Å²) in [6.07, 6.45) is 0.959. The number of hydrogen-bond acceptors (Lipinski definition) is 3. The molecule has 0 aliphatic rings. The van der Waals surface area contributed by atoms with E-state index in [1.807, 2.05) is 13.8 Å². The molecule has 118 valence electrons. The van der Waals surface area contributed by atoms with Gasteiger partial charge < -0.3 is 20.1 Å². The third kappa shape index (κ3) is 9.61. The molecule has 2 amide bonds. The lowest BCUT2D eigenvalue weighted by atomic mass is 10.1. The summed E-state index contributed by atoms with van der Waals surface area (Å²) in [4.78, 5) is 24.0. The summed E-state index contributed by atoms with van der Waals surface area (Å²) < 4.78 is 5.41. The van der Waals surface area contributed by atoms with Gasteiger partial charge in [0.2, 0.25) is 0 Å². The van der Waals surface area contributed by atoms with E-state index in [4.69, 9.17) is 9.84 Å². The van der Waals surface area contributed by atoms with Crippen LogP contribution in [0.4, 0.5) is 4.79 Å². The second-order valence-electron chi connectivity index (χ2n) is 5.46. The minimum atomic E-state index is -0.902. The molecule has 0 radical (unpaired) electrons. The fourth-order valence-corrected chi connectivity index (χ4v) is 1.56. The molecule has 20 heavy (non-hydrogen) atoms. The van der Waals surface area contributed by atoms with Crippen molar-refractivity contribution in [2.24, 2.45) is 5.92 Å². The highest BCUT2D eigenvalue weighted by Crippen LogP contribution is 2.01. The summed E-state index contributed by atoms with van der Waals surface area (Å²) in [5.41, 5.74) is 0. The normalized spacial score (nSPS) is 10.9. The van der Waals surface area contributed by atoms with Crippen molar-refractivity contribution < 1.29 is 19.4 Å². The molecule has 6 heteroatoms. The third-order valence-electron chi connectivity index (χ3n) is 2.81. The van der Waals surface area contributed by atoms with Crippen molar-refractivity contribution in [1.29, 1.82) is 0 Å². The number of carboxylic acids is 1. The molecule has 0 rings (SSSR count). The predicted octanol–water partition coefficient (Wildman–Crippen LogP) is 1.94. The largest absolute Gasteiger partial charge is 0.481 e. The molecule has 0 saturated heterocycles. The first kappa shape index (κ1) is 18.7. The molecular weight excluding hydrogens is 260 g/mol. The Bertz CT molecular complexity index is 293. The zero-order chi connectivity index (χ0) is 15.5. The molecule has 0 aliphatic carbocycles. The quantitative estimate of drug-likeness (QED) is 0.602. The van der Waals surface area contributed by atoms with Crippen molar-refractivity contribution >= 4 is 12.0 Å². The lowest BCUT2D eigenvalue weighted by Crippen LogP contribution is -2.45. The Morgan fingerprint density at radius 1 is 1.20 bits per heavy atom. The van der Waals surface area contributed by atoms with Crippen molar-refractivity contribution in [3.63, 3.8) is 0 Å². The number of carbonyl (C=O) groups excluding carboxylic acids is 1. The van der Waals surface area contributed by atoms with Crippen LogP contribution in [0.15, 0.2) is 0 Å². The number of urea groups is 1. The van der Waals surface area contributed by atoms with E-state index in [1.165, 1.54) is 4.90 Å². The fourth-order valence-electron chi connectivity index (χ4n) is 1.56. The van der Waals surface area contributed by atoms with E-state index in [-0.39, 0.29) is 25.0 Å². The number of carboxylic acid groups (broad SMARTS) is 1. The van der Waals surface area contributed by atoms with Crippen LogP contribution in [0.5, 0.6) is 0 Å². The van der Waals surface area contributed by atoms with Crippen LogP contribution in [0, 0.1) is 5.92 Å². The van der Waals surface area contributed by atoms with E-state index >= 15 is 0 Å². The van der Waals surface area contributed by atoms with Crippen molar-refractivity contribution in [3.05, 3.63) is 0 Å². The zero-order valence-corrected chi connectivity index (χ0v) is 13.0. The van der Waals surface area contributed by atoms with Gasteiger partial charge in [-0.1, -0.05) is 13.8 Å². The van der Waals surface area contributed by atoms with Gasteiger partial charge >= 0.3 is 12.0 Å². The number of aliphatic carboxylic acids is 1. The highest BCUT2D eigenvalue weighted by Gasteiger charge is 2.17. The molecule has 0 saturated carbocycles. The van der Waals surface area contributed by atoms with Gasteiger partial charge in [0.1, 0.15) is 0 Å². The number of amides is 2. The highest BCUT2D eigenvalue weighted by atomic mass is 16.5. The lowest BCUT2D eigenvalue weighted by Gasteiger charge is -2.26. The van der Waals surface area contributed by atoms with E-state index in [1.54, 1.807) is 0 Å². The van der Waals surface area contributed by atoms with E-state index in [0.717, 1.165) is 6.42 Å². The van der Waals surface area contributed by atoms with Gasteiger partial charge in [0.15, 0.2) is 0 Å². The van der Waals surface area contributed by atoms with Crippen LogP contribution in [-0.4, -0.2) is 54.4 Å². The van der Waals surface area contributed by atoms with Gasteiger partial charge in [0.25, 0.3) is 0 Å². The minimum absolute atomic E-state index is 0.0313. The molecule has 0 aromatic heterocycles. The fraction of sp³-hybridized carbons (Fsp3) is 0.857. The maximum atomic E-state index is 11.9. The van der Waals surface area contributed by atoms with E-state index in [2.05, 4.69) is 19.2 Å². The van der Waals surface area contributed by atoms with Crippen molar-refractivity contribution in [1.82, 2.24) is 10.2 Å². The second-order valence-corrected chi connectivity index (χ2v) is 5.46. The number of hydrogen-bond donors (Lipinski definition) is 2. The average Bonchev–Trinajstić information content (AvgIpc) is 2.32. The van der Waals surface area contributed by atoms with Crippen LogP contribution < -0.4 is 5.32 Å². The number of nitrogens with zero attached hydrogens (tertiary/aromatic N) is 1. The van der Waals surface area contributed by atoms with Crippen molar-refractivity contribution in [2.45, 2.75) is 46.6 Å². The molecule has 0 heterocycles. The number of ether oxygens (including phenoxy) is 1. The van der Waals surface area contributed by atoms with Gasteiger partial charge in [-0.15, -0.1) is 0 Å². The van der Waals surface area contributed by atoms with Gasteiger partial charge in [-0.2, -0.15) is 0 Å². The molecular formula is C14H28N2O4. The molecule has 6 nitrogen and oxygen atoms in total. The Kier molecular flexibility index (Phi) is 9.80. The minimum Gasteiger partial charge on any atom is -0.481 e. The topological polar surface area (TPSA) is 78.9 Å². The monoisotopic (exact) mass is 288 g/mol.